The standard InChI is InChI=1S/C24H9BF18.C6H2BF5O3/c26-19(27,28)10-1-11(20(29,30)31)5-16(4-10)25(17-6-12(21(32,33)34)2-13(7-17)22(35,36)37)18-8-14(23(38,39)40)3-15(9-18)24(41,42)43;8-1-2(9)4(11)6(15-7(13)14)5(12)3(1)10/h1-9H;13-14H. The second-order valence-electron chi connectivity index (χ2n) is 11.3. The number of halogens is 23. The molecule has 0 aliphatic heterocycles. The highest BCUT2D eigenvalue weighted by atomic mass is 19.4. The third-order valence-electron chi connectivity index (χ3n) is 7.22. The fourth-order valence-electron chi connectivity index (χ4n) is 4.81. The fraction of sp³-hybridized carbons (Fsp3) is 0.200. The summed E-state index contributed by atoms with van der Waals surface area (Å²) in [4.78, 5) is 0. The van der Waals surface area contributed by atoms with Crippen molar-refractivity contribution in [1.82, 2.24) is 0 Å². The summed E-state index contributed by atoms with van der Waals surface area (Å²) in [6.07, 6.45) is -34.0. The Balaban J connectivity index is 0.000000502. The van der Waals surface area contributed by atoms with Crippen LogP contribution in [0.15, 0.2) is 54.6 Å². The summed E-state index contributed by atoms with van der Waals surface area (Å²) in [7, 11) is -2.70. The molecule has 0 spiro atoms. The third kappa shape index (κ3) is 11.2. The van der Waals surface area contributed by atoms with Crippen LogP contribution in [-0.2, 0) is 37.1 Å². The van der Waals surface area contributed by atoms with E-state index in [1.807, 2.05) is 0 Å². The monoisotopic (exact) mass is 878 g/mol. The molecule has 0 fully saturated rings. The Kier molecular flexibility index (Phi) is 13.1. The van der Waals surface area contributed by atoms with Crippen molar-refractivity contribution in [2.75, 3.05) is 0 Å². The first-order valence-corrected chi connectivity index (χ1v) is 14.4. The van der Waals surface area contributed by atoms with Gasteiger partial charge in [0.2, 0.25) is 35.8 Å². The molecular formula is C30H11B2F23O3. The number of hydrogen-bond donors (Lipinski definition) is 2. The molecule has 4 rings (SSSR count). The van der Waals surface area contributed by atoms with E-state index in [0.717, 1.165) is 0 Å². The molecule has 28 heteroatoms. The van der Waals surface area contributed by atoms with E-state index < -0.39 is 154 Å². The highest BCUT2D eigenvalue weighted by Gasteiger charge is 2.43. The van der Waals surface area contributed by atoms with E-state index in [0.29, 0.717) is 0 Å². The molecule has 0 heterocycles. The summed E-state index contributed by atoms with van der Waals surface area (Å²) in [5.74, 6) is -13.1. The maximum atomic E-state index is 13.5. The zero-order chi connectivity index (χ0) is 44.9. The number of rotatable bonds is 5. The molecule has 4 aromatic carbocycles. The van der Waals surface area contributed by atoms with E-state index in [-0.39, 0.29) is 36.4 Å². The zero-order valence-corrected chi connectivity index (χ0v) is 26.8. The van der Waals surface area contributed by atoms with Crippen molar-refractivity contribution in [2.24, 2.45) is 0 Å². The fourth-order valence-corrected chi connectivity index (χ4v) is 4.81. The average Bonchev–Trinajstić information content (AvgIpc) is 3.06. The first kappa shape index (κ1) is 47.5. The van der Waals surface area contributed by atoms with Gasteiger partial charge in [0, 0.05) is 0 Å². The minimum atomic E-state index is -5.67. The van der Waals surface area contributed by atoms with E-state index in [9.17, 15) is 101 Å². The van der Waals surface area contributed by atoms with Crippen LogP contribution < -0.4 is 21.0 Å². The van der Waals surface area contributed by atoms with Crippen LogP contribution >= 0.6 is 0 Å². The molecular weight excluding hydrogens is 867 g/mol. The molecule has 0 aromatic heterocycles. The molecule has 0 amide bonds. The normalized spacial score (nSPS) is 12.9. The lowest BCUT2D eigenvalue weighted by Crippen LogP contribution is -2.53. The Morgan fingerprint density at radius 3 is 0.690 bits per heavy atom. The Morgan fingerprint density at radius 2 is 0.517 bits per heavy atom. The third-order valence-corrected chi connectivity index (χ3v) is 7.22. The summed E-state index contributed by atoms with van der Waals surface area (Å²) >= 11 is 0. The van der Waals surface area contributed by atoms with E-state index in [1.54, 1.807) is 0 Å². The molecule has 3 nitrogen and oxygen atoms in total. The minimum absolute atomic E-state index is 0.235. The average molecular weight is 878 g/mol. The maximum absolute atomic E-state index is 13.5. The SMILES string of the molecule is FC(F)(F)c1cc(B(c2cc(C(F)(F)F)cc(C(F)(F)F)c2)c2cc(C(F)(F)F)cc(C(F)(F)F)c2)cc(C(F)(F)F)c1.OB(O)Oc1c(F)c(F)c(F)c(F)c1F. The smallest absolute Gasteiger partial charge is 0.507 e. The van der Waals surface area contributed by atoms with Crippen molar-refractivity contribution in [3.63, 3.8) is 0 Å². The molecule has 0 atom stereocenters. The molecule has 0 bridgehead atoms. The van der Waals surface area contributed by atoms with Gasteiger partial charge in [0.05, 0.1) is 33.4 Å². The van der Waals surface area contributed by atoms with Crippen molar-refractivity contribution in [1.29, 1.82) is 0 Å². The Bertz CT molecular complexity index is 1830. The van der Waals surface area contributed by atoms with Crippen LogP contribution in [0.4, 0.5) is 101 Å². The van der Waals surface area contributed by atoms with Crippen LogP contribution in [0.25, 0.3) is 0 Å². The summed E-state index contributed by atoms with van der Waals surface area (Å²) in [6, 6.07) is -2.95. The minimum Gasteiger partial charge on any atom is -0.507 e. The first-order valence-electron chi connectivity index (χ1n) is 14.4. The summed E-state index contributed by atoms with van der Waals surface area (Å²) in [6.45, 7) is -2.88. The van der Waals surface area contributed by atoms with Crippen molar-refractivity contribution >= 4 is 30.4 Å². The van der Waals surface area contributed by atoms with Crippen molar-refractivity contribution in [2.45, 2.75) is 37.1 Å². The van der Waals surface area contributed by atoms with Crippen molar-refractivity contribution < 1.29 is 116 Å². The van der Waals surface area contributed by atoms with Gasteiger partial charge in [-0.05, 0) is 18.2 Å². The second kappa shape index (κ2) is 16.1. The van der Waals surface area contributed by atoms with Gasteiger partial charge in [-0.2, -0.15) is 87.8 Å². The molecule has 0 aliphatic rings. The number of benzene rings is 4. The van der Waals surface area contributed by atoms with Gasteiger partial charge in [-0.1, -0.05) is 52.8 Å². The predicted molar refractivity (Wildman–Crippen MR) is 151 cm³/mol. The molecule has 0 saturated heterocycles. The molecule has 2 N–H and O–H groups in total. The first-order chi connectivity index (χ1) is 25.9. The van der Waals surface area contributed by atoms with Crippen LogP contribution in [0, 0.1) is 29.1 Å². The van der Waals surface area contributed by atoms with Crippen LogP contribution in [0.5, 0.6) is 5.75 Å². The second-order valence-corrected chi connectivity index (χ2v) is 11.3. The van der Waals surface area contributed by atoms with Gasteiger partial charge in [-0.15, -0.1) is 0 Å². The highest BCUT2D eigenvalue weighted by molar-refractivity contribution is 6.95. The van der Waals surface area contributed by atoms with Gasteiger partial charge in [-0.25, -0.2) is 13.2 Å². The number of alkyl halides is 18. The van der Waals surface area contributed by atoms with Crippen LogP contribution in [0.3, 0.4) is 0 Å². The van der Waals surface area contributed by atoms with Gasteiger partial charge in [0.15, 0.2) is 5.75 Å². The van der Waals surface area contributed by atoms with Gasteiger partial charge in [0.25, 0.3) is 0 Å². The lowest BCUT2D eigenvalue weighted by atomic mass is 9.36. The Labute approximate surface area is 306 Å². The van der Waals surface area contributed by atoms with E-state index in [4.69, 9.17) is 10.0 Å². The van der Waals surface area contributed by atoms with Crippen LogP contribution in [-0.4, -0.2) is 24.1 Å². The topological polar surface area (TPSA) is 49.7 Å². The quantitative estimate of drug-likeness (QED) is 0.0912. The zero-order valence-electron chi connectivity index (χ0n) is 26.8. The lowest BCUT2D eigenvalue weighted by Gasteiger charge is -2.23. The summed E-state index contributed by atoms with van der Waals surface area (Å²) < 4.78 is 310. The van der Waals surface area contributed by atoms with Gasteiger partial charge in [-0.3, -0.25) is 0 Å². The molecule has 0 unspecified atom stereocenters. The molecule has 0 aliphatic carbocycles. The van der Waals surface area contributed by atoms with E-state index >= 15 is 0 Å². The summed E-state index contributed by atoms with van der Waals surface area (Å²) in [5, 5.41) is 16.3. The largest absolute Gasteiger partial charge is 0.707 e. The molecule has 0 radical (unpaired) electrons. The van der Waals surface area contributed by atoms with Gasteiger partial charge < -0.3 is 14.7 Å². The lowest BCUT2D eigenvalue weighted by molar-refractivity contribution is -0.144. The predicted octanol–water partition coefficient (Wildman–Crippen LogP) is 9.05. The molecule has 316 valence electrons. The van der Waals surface area contributed by atoms with E-state index in [1.165, 1.54) is 0 Å². The maximum Gasteiger partial charge on any atom is 0.707 e. The van der Waals surface area contributed by atoms with E-state index in [2.05, 4.69) is 4.65 Å². The van der Waals surface area contributed by atoms with Crippen molar-refractivity contribution in [3.05, 3.63) is 117 Å². The van der Waals surface area contributed by atoms with Gasteiger partial charge in [0.1, 0.15) is 0 Å². The molecule has 4 aromatic rings. The Morgan fingerprint density at radius 1 is 0.328 bits per heavy atom. The van der Waals surface area contributed by atoms with Crippen LogP contribution in [0.2, 0.25) is 0 Å². The van der Waals surface area contributed by atoms with Crippen molar-refractivity contribution in [3.8, 4) is 5.75 Å². The van der Waals surface area contributed by atoms with Crippen LogP contribution in [0.1, 0.15) is 33.4 Å². The molecule has 58 heavy (non-hydrogen) atoms. The summed E-state index contributed by atoms with van der Waals surface area (Å²) in [5.41, 5.74) is -17.7. The number of hydrogen-bond acceptors (Lipinski definition) is 3. The Hall–Kier alpha value is -4.88. The van der Waals surface area contributed by atoms with Gasteiger partial charge >= 0.3 is 44.4 Å². The highest BCUT2D eigenvalue weighted by Crippen LogP contribution is 2.38. The molecule has 0 saturated carbocycles.